The van der Waals surface area contributed by atoms with E-state index in [2.05, 4.69) is 6.92 Å². The molecule has 0 spiro atoms. The lowest BCUT2D eigenvalue weighted by Crippen LogP contribution is -2.42. The Kier molecular flexibility index (Phi) is 6.32. The van der Waals surface area contributed by atoms with Gasteiger partial charge >= 0.3 is 0 Å². The molecule has 1 aliphatic heterocycles. The normalized spacial score (nSPS) is 21.9. The van der Waals surface area contributed by atoms with E-state index in [1.807, 2.05) is 6.92 Å². The predicted octanol–water partition coefficient (Wildman–Crippen LogP) is 2.83. The molecule has 1 aliphatic rings. The molecule has 1 heterocycles. The van der Waals surface area contributed by atoms with Crippen LogP contribution in [-0.2, 0) is 9.47 Å². The van der Waals surface area contributed by atoms with Gasteiger partial charge in [-0.2, -0.15) is 0 Å². The maximum Gasteiger partial charge on any atom is 0.166 e. The van der Waals surface area contributed by atoms with E-state index in [0.29, 0.717) is 0 Å². The van der Waals surface area contributed by atoms with Crippen molar-refractivity contribution in [1.29, 1.82) is 0 Å². The Bertz CT molecular complexity index is 179. The molecule has 1 unspecified atom stereocenters. The average molecular weight is 229 g/mol. The van der Waals surface area contributed by atoms with Gasteiger partial charge < -0.3 is 15.2 Å². The molecule has 1 fully saturated rings. The van der Waals surface area contributed by atoms with Gasteiger partial charge in [0.25, 0.3) is 0 Å². The predicted molar refractivity (Wildman–Crippen MR) is 66.3 cm³/mol. The van der Waals surface area contributed by atoms with Crippen LogP contribution in [0.2, 0.25) is 0 Å². The minimum Gasteiger partial charge on any atom is -0.350 e. The minimum absolute atomic E-state index is 0.208. The fraction of sp³-hybridized carbons (Fsp3) is 1.00. The van der Waals surface area contributed by atoms with Crippen molar-refractivity contribution < 1.29 is 9.47 Å². The number of hydrogen-bond acceptors (Lipinski definition) is 3. The minimum atomic E-state index is -0.428. The van der Waals surface area contributed by atoms with Crippen molar-refractivity contribution in [2.24, 2.45) is 5.73 Å². The van der Waals surface area contributed by atoms with Gasteiger partial charge in [0.2, 0.25) is 0 Å². The average Bonchev–Trinajstić information content (AvgIpc) is 2.25. The molecule has 1 saturated heterocycles. The maximum atomic E-state index is 6.11. The molecule has 1 rings (SSSR count). The van der Waals surface area contributed by atoms with E-state index in [1.165, 1.54) is 25.7 Å². The number of ether oxygens (including phenoxy) is 2. The molecule has 3 heteroatoms. The van der Waals surface area contributed by atoms with Crippen molar-refractivity contribution in [3.8, 4) is 0 Å². The number of nitrogens with two attached hydrogens (primary N) is 1. The zero-order valence-electron chi connectivity index (χ0n) is 10.8. The molecule has 16 heavy (non-hydrogen) atoms. The molecule has 3 nitrogen and oxygen atoms in total. The molecule has 0 aromatic rings. The van der Waals surface area contributed by atoms with Crippen LogP contribution in [0.5, 0.6) is 0 Å². The lowest BCUT2D eigenvalue weighted by atomic mass is 10.0. The van der Waals surface area contributed by atoms with Crippen LogP contribution in [0, 0.1) is 0 Å². The van der Waals surface area contributed by atoms with Crippen molar-refractivity contribution in [1.82, 2.24) is 0 Å². The summed E-state index contributed by atoms with van der Waals surface area (Å²) in [5.41, 5.74) is 6.11. The van der Waals surface area contributed by atoms with Gasteiger partial charge in [0.1, 0.15) is 0 Å². The largest absolute Gasteiger partial charge is 0.350 e. The summed E-state index contributed by atoms with van der Waals surface area (Å²) < 4.78 is 11.3. The molecule has 0 aliphatic carbocycles. The number of rotatable bonds is 7. The monoisotopic (exact) mass is 229 g/mol. The van der Waals surface area contributed by atoms with E-state index in [9.17, 15) is 0 Å². The van der Waals surface area contributed by atoms with Crippen LogP contribution in [0.15, 0.2) is 0 Å². The summed E-state index contributed by atoms with van der Waals surface area (Å²) in [4.78, 5) is 0. The molecular formula is C13H27NO2. The Morgan fingerprint density at radius 3 is 2.50 bits per heavy atom. The van der Waals surface area contributed by atoms with E-state index in [-0.39, 0.29) is 6.04 Å². The van der Waals surface area contributed by atoms with Crippen molar-refractivity contribution in [2.45, 2.75) is 70.6 Å². The molecule has 0 saturated carbocycles. The van der Waals surface area contributed by atoms with Crippen molar-refractivity contribution in [3.63, 3.8) is 0 Å². The first-order valence-electron chi connectivity index (χ1n) is 6.70. The first-order valence-corrected chi connectivity index (χ1v) is 6.70. The topological polar surface area (TPSA) is 44.5 Å². The zero-order valence-corrected chi connectivity index (χ0v) is 10.8. The first-order chi connectivity index (χ1) is 7.66. The van der Waals surface area contributed by atoms with Crippen LogP contribution in [0.1, 0.15) is 58.8 Å². The van der Waals surface area contributed by atoms with Gasteiger partial charge in [0, 0.05) is 12.5 Å². The Balaban J connectivity index is 2.14. The van der Waals surface area contributed by atoms with Crippen molar-refractivity contribution in [3.05, 3.63) is 0 Å². The fourth-order valence-corrected chi connectivity index (χ4v) is 2.21. The lowest BCUT2D eigenvalue weighted by molar-refractivity contribution is -0.260. The van der Waals surface area contributed by atoms with Gasteiger partial charge in [0.05, 0.1) is 13.2 Å². The smallest absolute Gasteiger partial charge is 0.166 e. The third-order valence-electron chi connectivity index (χ3n) is 3.16. The molecular weight excluding hydrogens is 202 g/mol. The van der Waals surface area contributed by atoms with Crippen LogP contribution < -0.4 is 5.73 Å². The van der Waals surface area contributed by atoms with E-state index in [0.717, 1.165) is 32.5 Å². The Hall–Kier alpha value is -0.120. The standard InChI is InChI=1S/C13H27NO2/c1-3-4-5-6-8-12(14)11-13(2)15-9-7-10-16-13/h12H,3-11,14H2,1-2H3. The molecule has 0 amide bonds. The fourth-order valence-electron chi connectivity index (χ4n) is 2.21. The number of unbranched alkanes of at least 4 members (excludes halogenated alkanes) is 3. The van der Waals surface area contributed by atoms with Gasteiger partial charge in [-0.3, -0.25) is 0 Å². The maximum absolute atomic E-state index is 6.11. The van der Waals surface area contributed by atoms with E-state index >= 15 is 0 Å². The second-order valence-electron chi connectivity index (χ2n) is 5.00. The first kappa shape index (κ1) is 13.9. The molecule has 96 valence electrons. The highest BCUT2D eigenvalue weighted by atomic mass is 16.7. The van der Waals surface area contributed by atoms with E-state index in [1.54, 1.807) is 0 Å². The molecule has 0 bridgehead atoms. The third kappa shape index (κ3) is 5.28. The molecule has 0 aromatic carbocycles. The molecule has 2 N–H and O–H groups in total. The zero-order chi connectivity index (χ0) is 11.9. The number of hydrogen-bond donors (Lipinski definition) is 1. The third-order valence-corrected chi connectivity index (χ3v) is 3.16. The summed E-state index contributed by atoms with van der Waals surface area (Å²) in [5.74, 6) is -0.428. The second-order valence-corrected chi connectivity index (χ2v) is 5.00. The van der Waals surface area contributed by atoms with Crippen LogP contribution in [0.3, 0.4) is 0 Å². The van der Waals surface area contributed by atoms with Gasteiger partial charge in [-0.1, -0.05) is 32.6 Å². The summed E-state index contributed by atoms with van der Waals surface area (Å²) in [6, 6.07) is 0.208. The Morgan fingerprint density at radius 2 is 1.88 bits per heavy atom. The van der Waals surface area contributed by atoms with Gasteiger partial charge in [0.15, 0.2) is 5.79 Å². The van der Waals surface area contributed by atoms with Crippen LogP contribution in [-0.4, -0.2) is 25.0 Å². The quantitative estimate of drug-likeness (QED) is 0.683. The Labute approximate surface area is 99.7 Å². The lowest BCUT2D eigenvalue weighted by Gasteiger charge is -2.35. The summed E-state index contributed by atoms with van der Waals surface area (Å²) in [6.07, 6.45) is 8.02. The van der Waals surface area contributed by atoms with Crippen molar-refractivity contribution in [2.75, 3.05) is 13.2 Å². The van der Waals surface area contributed by atoms with Crippen LogP contribution in [0.25, 0.3) is 0 Å². The summed E-state index contributed by atoms with van der Waals surface area (Å²) in [7, 11) is 0. The Morgan fingerprint density at radius 1 is 1.19 bits per heavy atom. The van der Waals surface area contributed by atoms with Gasteiger partial charge in [-0.15, -0.1) is 0 Å². The highest BCUT2D eigenvalue weighted by Crippen LogP contribution is 2.24. The summed E-state index contributed by atoms with van der Waals surface area (Å²) in [6.45, 7) is 5.85. The SMILES string of the molecule is CCCCCCC(N)CC1(C)OCCCO1. The molecule has 0 radical (unpaired) electrons. The highest BCUT2D eigenvalue weighted by molar-refractivity contribution is 4.74. The van der Waals surface area contributed by atoms with Crippen molar-refractivity contribution >= 4 is 0 Å². The molecule has 1 atom stereocenters. The van der Waals surface area contributed by atoms with Crippen LogP contribution in [0.4, 0.5) is 0 Å². The second kappa shape index (κ2) is 7.25. The van der Waals surface area contributed by atoms with Crippen LogP contribution >= 0.6 is 0 Å². The van der Waals surface area contributed by atoms with E-state index in [4.69, 9.17) is 15.2 Å². The summed E-state index contributed by atoms with van der Waals surface area (Å²) in [5, 5.41) is 0. The van der Waals surface area contributed by atoms with E-state index < -0.39 is 5.79 Å². The summed E-state index contributed by atoms with van der Waals surface area (Å²) >= 11 is 0. The van der Waals surface area contributed by atoms with Gasteiger partial charge in [-0.25, -0.2) is 0 Å². The van der Waals surface area contributed by atoms with Gasteiger partial charge in [-0.05, 0) is 19.8 Å². The molecule has 0 aromatic heterocycles. The highest BCUT2D eigenvalue weighted by Gasteiger charge is 2.30.